The van der Waals surface area contributed by atoms with E-state index in [4.69, 9.17) is 16.3 Å². The number of ether oxygens (including phenoxy) is 1. The zero-order chi connectivity index (χ0) is 18.5. The van der Waals surface area contributed by atoms with E-state index in [1.807, 2.05) is 5.38 Å². The van der Waals surface area contributed by atoms with E-state index in [9.17, 15) is 14.4 Å². The number of amides is 2. The fourth-order valence-electron chi connectivity index (χ4n) is 2.76. The Morgan fingerprint density at radius 2 is 2.00 bits per heavy atom. The summed E-state index contributed by atoms with van der Waals surface area (Å²) in [6, 6.07) is 9.48. The van der Waals surface area contributed by atoms with Crippen LogP contribution in [0.15, 0.2) is 41.8 Å². The molecule has 136 valence electrons. The second-order valence-corrected chi connectivity index (χ2v) is 7.18. The van der Waals surface area contributed by atoms with E-state index < -0.39 is 24.5 Å². The molecule has 1 saturated heterocycles. The number of likely N-dealkylation sites (tertiary alicyclic amines) is 1. The molecule has 1 unspecified atom stereocenters. The molecule has 0 spiro atoms. The second kappa shape index (κ2) is 8.33. The number of nitrogens with one attached hydrogen (secondary N) is 1. The minimum Gasteiger partial charge on any atom is -0.454 e. The molecule has 26 heavy (non-hydrogen) atoms. The minimum atomic E-state index is -0.645. The number of thiophene rings is 1. The first-order valence-electron chi connectivity index (χ1n) is 8.11. The molecule has 6 nitrogen and oxygen atoms in total. The van der Waals surface area contributed by atoms with Crippen LogP contribution in [-0.4, -0.2) is 41.9 Å². The van der Waals surface area contributed by atoms with Gasteiger partial charge in [0.2, 0.25) is 0 Å². The van der Waals surface area contributed by atoms with E-state index in [-0.39, 0.29) is 5.91 Å². The number of nitrogens with zero attached hydrogens (tertiary/aromatic N) is 1. The number of anilines is 1. The zero-order valence-corrected chi connectivity index (χ0v) is 15.4. The Balaban J connectivity index is 1.53. The normalized spacial score (nSPS) is 16.3. The highest BCUT2D eigenvalue weighted by molar-refractivity contribution is 7.12. The maximum atomic E-state index is 12.5. The largest absolute Gasteiger partial charge is 0.454 e. The molecule has 2 heterocycles. The van der Waals surface area contributed by atoms with Gasteiger partial charge in [0, 0.05) is 17.3 Å². The summed E-state index contributed by atoms with van der Waals surface area (Å²) in [6.45, 7) is 0.104. The van der Waals surface area contributed by atoms with Crippen molar-refractivity contribution in [3.63, 3.8) is 0 Å². The van der Waals surface area contributed by atoms with Gasteiger partial charge in [0.05, 0.1) is 4.88 Å². The van der Waals surface area contributed by atoms with Gasteiger partial charge in [0.1, 0.15) is 6.04 Å². The Morgan fingerprint density at radius 1 is 1.23 bits per heavy atom. The molecule has 0 radical (unpaired) electrons. The van der Waals surface area contributed by atoms with Crippen molar-refractivity contribution in [2.75, 3.05) is 18.5 Å². The van der Waals surface area contributed by atoms with E-state index in [1.165, 1.54) is 16.2 Å². The van der Waals surface area contributed by atoms with Crippen LogP contribution in [-0.2, 0) is 14.3 Å². The standard InChI is InChI=1S/C18H17ClN2O4S/c19-12-5-7-13(8-6-12)20-16(22)11-25-18(24)14-3-1-9-21(14)17(23)15-4-2-10-26-15/h2,4-8,10,14H,1,3,9,11H2,(H,20,22). The average Bonchev–Trinajstić information content (AvgIpc) is 3.33. The Bertz CT molecular complexity index is 792. The number of hydrogen-bond donors (Lipinski definition) is 1. The second-order valence-electron chi connectivity index (χ2n) is 5.80. The highest BCUT2D eigenvalue weighted by Gasteiger charge is 2.36. The van der Waals surface area contributed by atoms with Crippen LogP contribution in [0.2, 0.25) is 5.02 Å². The average molecular weight is 393 g/mol. The molecule has 8 heteroatoms. The van der Waals surface area contributed by atoms with Crippen LogP contribution in [0.25, 0.3) is 0 Å². The fraction of sp³-hybridized carbons (Fsp3) is 0.278. The van der Waals surface area contributed by atoms with Gasteiger partial charge in [-0.2, -0.15) is 0 Å². The molecular formula is C18H17ClN2O4S. The Labute approximate surface area is 159 Å². The van der Waals surface area contributed by atoms with E-state index in [0.717, 1.165) is 6.42 Å². The smallest absolute Gasteiger partial charge is 0.329 e. The van der Waals surface area contributed by atoms with Gasteiger partial charge in [-0.3, -0.25) is 9.59 Å². The van der Waals surface area contributed by atoms with Crippen molar-refractivity contribution in [3.05, 3.63) is 51.7 Å². The number of carbonyl (C=O) groups is 3. The van der Waals surface area contributed by atoms with Gasteiger partial charge in [-0.1, -0.05) is 17.7 Å². The molecule has 1 N–H and O–H groups in total. The van der Waals surface area contributed by atoms with Crippen molar-refractivity contribution in [3.8, 4) is 0 Å². The Hall–Kier alpha value is -2.38. The van der Waals surface area contributed by atoms with E-state index in [2.05, 4.69) is 5.32 Å². The number of carbonyl (C=O) groups excluding carboxylic acids is 3. The lowest BCUT2D eigenvalue weighted by Crippen LogP contribution is -2.41. The van der Waals surface area contributed by atoms with Gasteiger partial charge in [-0.05, 0) is 48.6 Å². The Morgan fingerprint density at radius 3 is 2.69 bits per heavy atom. The van der Waals surface area contributed by atoms with E-state index >= 15 is 0 Å². The first kappa shape index (κ1) is 18.4. The minimum absolute atomic E-state index is 0.176. The van der Waals surface area contributed by atoms with Gasteiger partial charge >= 0.3 is 5.97 Å². The van der Waals surface area contributed by atoms with Crippen LogP contribution in [0.5, 0.6) is 0 Å². The van der Waals surface area contributed by atoms with Crippen molar-refractivity contribution in [1.82, 2.24) is 4.90 Å². The molecule has 1 aromatic heterocycles. The summed E-state index contributed by atoms with van der Waals surface area (Å²) in [5.41, 5.74) is 0.561. The third kappa shape index (κ3) is 4.42. The summed E-state index contributed by atoms with van der Waals surface area (Å²) in [5, 5.41) is 5.00. The molecule has 2 amide bonds. The quantitative estimate of drug-likeness (QED) is 0.793. The summed E-state index contributed by atoms with van der Waals surface area (Å²) in [6.07, 6.45) is 1.27. The van der Waals surface area contributed by atoms with Crippen molar-refractivity contribution >= 4 is 46.4 Å². The molecule has 1 atom stereocenters. The topological polar surface area (TPSA) is 75.7 Å². The lowest BCUT2D eigenvalue weighted by molar-refractivity contribution is -0.151. The summed E-state index contributed by atoms with van der Waals surface area (Å²) < 4.78 is 5.11. The predicted octanol–water partition coefficient (Wildman–Crippen LogP) is 3.19. The lowest BCUT2D eigenvalue weighted by Gasteiger charge is -2.22. The molecular weight excluding hydrogens is 376 g/mol. The van der Waals surface area contributed by atoms with Gasteiger partial charge in [-0.15, -0.1) is 11.3 Å². The van der Waals surface area contributed by atoms with Crippen molar-refractivity contribution in [2.24, 2.45) is 0 Å². The van der Waals surface area contributed by atoms with E-state index in [1.54, 1.807) is 36.4 Å². The highest BCUT2D eigenvalue weighted by Crippen LogP contribution is 2.23. The predicted molar refractivity (Wildman–Crippen MR) is 99.4 cm³/mol. The van der Waals surface area contributed by atoms with Gasteiger partial charge in [0.15, 0.2) is 6.61 Å². The molecule has 0 saturated carbocycles. The van der Waals surface area contributed by atoms with Crippen LogP contribution >= 0.6 is 22.9 Å². The van der Waals surface area contributed by atoms with Crippen molar-refractivity contribution in [1.29, 1.82) is 0 Å². The number of hydrogen-bond acceptors (Lipinski definition) is 5. The number of halogens is 1. The number of esters is 1. The van der Waals surface area contributed by atoms with Crippen LogP contribution < -0.4 is 5.32 Å². The number of benzene rings is 1. The van der Waals surface area contributed by atoms with Gasteiger partial charge in [-0.25, -0.2) is 4.79 Å². The molecule has 3 rings (SSSR count). The van der Waals surface area contributed by atoms with Crippen LogP contribution in [0.4, 0.5) is 5.69 Å². The highest BCUT2D eigenvalue weighted by atomic mass is 35.5. The SMILES string of the molecule is O=C(COC(=O)C1CCCN1C(=O)c1cccs1)Nc1ccc(Cl)cc1. The molecule has 1 fully saturated rings. The summed E-state index contributed by atoms with van der Waals surface area (Å²) in [4.78, 5) is 38.8. The maximum Gasteiger partial charge on any atom is 0.329 e. The first-order chi connectivity index (χ1) is 12.5. The fourth-order valence-corrected chi connectivity index (χ4v) is 3.56. The molecule has 1 aliphatic rings. The summed E-state index contributed by atoms with van der Waals surface area (Å²) in [5.74, 6) is -1.18. The number of rotatable bonds is 5. The molecule has 0 bridgehead atoms. The van der Waals surface area contributed by atoms with Crippen LogP contribution in [0.1, 0.15) is 22.5 Å². The van der Waals surface area contributed by atoms with Gasteiger partial charge < -0.3 is 15.0 Å². The summed E-state index contributed by atoms with van der Waals surface area (Å²) >= 11 is 7.12. The molecule has 1 aromatic carbocycles. The third-order valence-corrected chi connectivity index (χ3v) is 5.10. The molecule has 0 aliphatic carbocycles. The zero-order valence-electron chi connectivity index (χ0n) is 13.8. The molecule has 2 aromatic rings. The summed E-state index contributed by atoms with van der Waals surface area (Å²) in [7, 11) is 0. The van der Waals surface area contributed by atoms with Crippen molar-refractivity contribution < 1.29 is 19.1 Å². The van der Waals surface area contributed by atoms with Crippen LogP contribution in [0.3, 0.4) is 0 Å². The van der Waals surface area contributed by atoms with Crippen molar-refractivity contribution in [2.45, 2.75) is 18.9 Å². The third-order valence-electron chi connectivity index (χ3n) is 3.99. The van der Waals surface area contributed by atoms with E-state index in [0.29, 0.717) is 28.6 Å². The maximum absolute atomic E-state index is 12.5. The van der Waals surface area contributed by atoms with Crippen LogP contribution in [0, 0.1) is 0 Å². The first-order valence-corrected chi connectivity index (χ1v) is 9.37. The van der Waals surface area contributed by atoms with Gasteiger partial charge in [0.25, 0.3) is 11.8 Å². The Kier molecular flexibility index (Phi) is 5.90. The molecule has 1 aliphatic heterocycles. The monoisotopic (exact) mass is 392 g/mol. The lowest BCUT2D eigenvalue weighted by atomic mass is 10.2.